The first-order valence-electron chi connectivity index (χ1n) is 25.8. The van der Waals surface area contributed by atoms with Crippen LogP contribution in [0.4, 0.5) is 11.8 Å². The predicted molar refractivity (Wildman–Crippen MR) is 274 cm³/mol. The monoisotopic (exact) mass is 1000 g/mol. The highest BCUT2D eigenvalue weighted by atomic mass is 32.1. The van der Waals surface area contributed by atoms with Crippen LogP contribution in [0.5, 0.6) is 11.5 Å². The van der Waals surface area contributed by atoms with E-state index in [-0.39, 0.29) is 52.8 Å². The first-order chi connectivity index (χ1) is 34.8. The summed E-state index contributed by atoms with van der Waals surface area (Å²) in [4.78, 5) is 60.3. The molecule has 11 rings (SSSR count). The van der Waals surface area contributed by atoms with Gasteiger partial charge in [0, 0.05) is 121 Å². The van der Waals surface area contributed by atoms with Crippen LogP contribution in [0.25, 0.3) is 21.6 Å². The smallest absolute Gasteiger partial charge is 0.258 e. The molecule has 18 nitrogen and oxygen atoms in total. The molecular formula is C53H67N11O7S. The minimum atomic E-state index is -1.03. The molecule has 382 valence electrons. The Kier molecular flexibility index (Phi) is 13.6. The van der Waals surface area contributed by atoms with Gasteiger partial charge in [-0.05, 0) is 72.4 Å². The van der Waals surface area contributed by atoms with Crippen molar-refractivity contribution in [3.05, 3.63) is 81.5 Å². The third-order valence-corrected chi connectivity index (χ3v) is 17.2. The van der Waals surface area contributed by atoms with Crippen molar-refractivity contribution in [3.63, 3.8) is 0 Å². The minimum Gasteiger partial charge on any atom is -0.508 e. The second-order valence-corrected chi connectivity index (χ2v) is 22.4. The molecule has 0 bridgehead atoms. The van der Waals surface area contributed by atoms with E-state index in [0.717, 1.165) is 117 Å². The summed E-state index contributed by atoms with van der Waals surface area (Å²) in [5.74, 6) is 1.29. The van der Waals surface area contributed by atoms with Gasteiger partial charge in [0.05, 0.1) is 58.8 Å². The first kappa shape index (κ1) is 48.7. The van der Waals surface area contributed by atoms with Crippen molar-refractivity contribution in [2.24, 2.45) is 0 Å². The van der Waals surface area contributed by atoms with Crippen molar-refractivity contribution in [1.82, 2.24) is 44.4 Å². The van der Waals surface area contributed by atoms with Gasteiger partial charge in [0.25, 0.3) is 5.91 Å². The fourth-order valence-corrected chi connectivity index (χ4v) is 12.9. The number of fused-ring (bicyclic) bond motifs is 2. The molecule has 9 heterocycles. The van der Waals surface area contributed by atoms with E-state index in [0.29, 0.717) is 82.8 Å². The number of aromatic nitrogens is 4. The Bertz CT molecular complexity index is 2800. The summed E-state index contributed by atoms with van der Waals surface area (Å²) in [6, 6.07) is 11.8. The lowest BCUT2D eigenvalue weighted by atomic mass is 9.85. The number of anilines is 2. The van der Waals surface area contributed by atoms with Gasteiger partial charge >= 0.3 is 0 Å². The highest BCUT2D eigenvalue weighted by molar-refractivity contribution is 7.19. The third kappa shape index (κ3) is 10.2. The van der Waals surface area contributed by atoms with Gasteiger partial charge in [-0.15, -0.1) is 11.3 Å². The van der Waals surface area contributed by atoms with E-state index >= 15 is 0 Å². The molecule has 3 aromatic heterocycles. The zero-order valence-electron chi connectivity index (χ0n) is 41.5. The number of carbonyl (C=O) groups is 2. The van der Waals surface area contributed by atoms with Crippen molar-refractivity contribution in [3.8, 4) is 22.9 Å². The second-order valence-electron chi connectivity index (χ2n) is 21.3. The molecule has 72 heavy (non-hydrogen) atoms. The average molecular weight is 1000 g/mol. The van der Waals surface area contributed by atoms with Crippen LogP contribution in [0.15, 0.2) is 48.8 Å². The van der Waals surface area contributed by atoms with E-state index in [9.17, 15) is 24.9 Å². The molecule has 1 unspecified atom stereocenters. The number of hydrogen-bond acceptors (Lipinski definition) is 17. The Morgan fingerprint density at radius 3 is 2.28 bits per heavy atom. The molecule has 5 fully saturated rings. The third-order valence-electron chi connectivity index (χ3n) is 16.1. The SMILES string of the molecule is CC(C)c1cc(C(=O)N2Cc3ccc(CN4CCC(O)(CC(=O)N5CCC6(CC5)CC(N5CCN(Cc7cc8nc(-c9cnc(N)nc9)nc(N9CCOCC9)c8s7)CC5)CO6)CC4)cc3C2)c(O)cc1O. The minimum absolute atomic E-state index is 0.00152. The molecule has 5 saturated heterocycles. The Hall–Kier alpha value is -5.54. The fraction of sp³-hybridized carbons (Fsp3) is 0.547. The maximum absolute atomic E-state index is 13.7. The number of aliphatic hydroxyl groups is 1. The van der Waals surface area contributed by atoms with Gasteiger partial charge in [-0.1, -0.05) is 32.0 Å². The van der Waals surface area contributed by atoms with Crippen LogP contribution in [0, 0.1) is 0 Å². The number of carbonyl (C=O) groups excluding carboxylic acids is 2. The standard InChI is InChI=1S/C53H67N11O7S/c1-34(2)41-23-42(45(66)24-44(41)65)50(68)64-30-36-4-3-35(21-37(36)31-64)29-59-9-5-52(69,6-10-59)26-46(67)62-11-7-53(8-12-62)25-39(33-71-53)61-15-13-60(14-16-61)32-40-22-43-47(72-40)49(63-17-19-70-20-18-63)58-48(57-43)38-27-55-51(54)56-28-38/h3-4,21-24,27-28,34,39,65-66,69H,5-20,25-26,29-33H2,1-2H3,(H2,54,55,56). The summed E-state index contributed by atoms with van der Waals surface area (Å²) in [6.07, 6.45) is 7.20. The van der Waals surface area contributed by atoms with Crippen LogP contribution in [-0.4, -0.2) is 174 Å². The number of phenols is 2. The summed E-state index contributed by atoms with van der Waals surface area (Å²) < 4.78 is 13.4. The molecule has 0 aliphatic carbocycles. The predicted octanol–water partition coefficient (Wildman–Crippen LogP) is 4.94. The Balaban J connectivity index is 0.622. The number of aromatic hydroxyl groups is 2. The number of morpholine rings is 1. The van der Waals surface area contributed by atoms with Crippen molar-refractivity contribution >= 4 is 45.1 Å². The van der Waals surface area contributed by atoms with Crippen LogP contribution >= 0.6 is 11.3 Å². The molecule has 2 aromatic carbocycles. The molecule has 0 radical (unpaired) electrons. The molecule has 2 amide bonds. The summed E-state index contributed by atoms with van der Waals surface area (Å²) in [5.41, 5.74) is 10.3. The summed E-state index contributed by atoms with van der Waals surface area (Å²) in [6.45, 7) is 16.6. The van der Waals surface area contributed by atoms with Crippen LogP contribution in [0.2, 0.25) is 0 Å². The quantitative estimate of drug-likeness (QED) is 0.138. The lowest BCUT2D eigenvalue weighted by Crippen LogP contribution is -2.52. The number of piperazine rings is 1. The molecule has 6 aliphatic rings. The number of likely N-dealkylation sites (tertiary alicyclic amines) is 2. The molecule has 1 spiro atoms. The number of nitrogens with zero attached hydrogens (tertiary/aromatic N) is 10. The molecule has 6 aliphatic heterocycles. The second kappa shape index (κ2) is 20.1. The maximum atomic E-state index is 13.7. The topological polar surface area (TPSA) is 210 Å². The Labute approximate surface area is 424 Å². The molecular weight excluding hydrogens is 935 g/mol. The summed E-state index contributed by atoms with van der Waals surface area (Å²) >= 11 is 1.78. The van der Waals surface area contributed by atoms with Gasteiger partial charge in [-0.3, -0.25) is 24.3 Å². The number of piperidine rings is 2. The summed E-state index contributed by atoms with van der Waals surface area (Å²) in [5, 5.41) is 32.5. The van der Waals surface area contributed by atoms with E-state index < -0.39 is 5.60 Å². The number of phenolic OH excluding ortho intramolecular Hbond substituents is 2. The number of rotatable bonds is 11. The lowest BCUT2D eigenvalue weighted by Gasteiger charge is -2.42. The number of ether oxygens (including phenoxy) is 2. The van der Waals surface area contributed by atoms with Crippen molar-refractivity contribution in [2.45, 2.75) is 102 Å². The zero-order valence-corrected chi connectivity index (χ0v) is 42.3. The lowest BCUT2D eigenvalue weighted by molar-refractivity contribution is -0.143. The van der Waals surface area contributed by atoms with Gasteiger partial charge in [-0.2, -0.15) is 0 Å². The van der Waals surface area contributed by atoms with Gasteiger partial charge in [0.2, 0.25) is 11.9 Å². The number of nitrogen functional groups attached to an aromatic ring is 1. The Morgan fingerprint density at radius 2 is 1.54 bits per heavy atom. The van der Waals surface area contributed by atoms with Crippen molar-refractivity contribution < 1.29 is 34.4 Å². The highest BCUT2D eigenvalue weighted by Crippen LogP contribution is 2.40. The van der Waals surface area contributed by atoms with Gasteiger partial charge in [0.1, 0.15) is 11.5 Å². The van der Waals surface area contributed by atoms with Gasteiger partial charge in [-0.25, -0.2) is 19.9 Å². The average Bonchev–Trinajstić information content (AvgIpc) is 4.12. The number of benzene rings is 2. The number of amides is 2. The number of hydrogen-bond donors (Lipinski definition) is 4. The zero-order chi connectivity index (χ0) is 49.7. The van der Waals surface area contributed by atoms with E-state index in [1.807, 2.05) is 18.7 Å². The van der Waals surface area contributed by atoms with E-state index in [1.165, 1.54) is 10.9 Å². The van der Waals surface area contributed by atoms with Crippen molar-refractivity contribution in [2.75, 3.05) is 95.9 Å². The van der Waals surface area contributed by atoms with E-state index in [4.69, 9.17) is 25.2 Å². The van der Waals surface area contributed by atoms with E-state index in [1.54, 1.807) is 34.7 Å². The molecule has 5 aromatic rings. The van der Waals surface area contributed by atoms with E-state index in [2.05, 4.69) is 53.8 Å². The highest BCUT2D eigenvalue weighted by Gasteiger charge is 2.46. The summed E-state index contributed by atoms with van der Waals surface area (Å²) in [7, 11) is 0. The fourth-order valence-electron chi connectivity index (χ4n) is 11.7. The first-order valence-corrected chi connectivity index (χ1v) is 26.6. The molecule has 1 atom stereocenters. The van der Waals surface area contributed by atoms with Crippen LogP contribution < -0.4 is 10.6 Å². The van der Waals surface area contributed by atoms with Gasteiger partial charge < -0.3 is 45.2 Å². The number of nitrogens with two attached hydrogens (primary N) is 1. The van der Waals surface area contributed by atoms with Gasteiger partial charge in [0.15, 0.2) is 11.6 Å². The Morgan fingerprint density at radius 1 is 0.819 bits per heavy atom. The van der Waals surface area contributed by atoms with Crippen LogP contribution in [-0.2, 0) is 40.4 Å². The normalized spacial score (nSPS) is 21.8. The molecule has 5 N–H and O–H groups in total. The van der Waals surface area contributed by atoms with Crippen molar-refractivity contribution in [1.29, 1.82) is 0 Å². The van der Waals surface area contributed by atoms with Crippen LogP contribution in [0.3, 0.4) is 0 Å². The maximum Gasteiger partial charge on any atom is 0.258 e. The largest absolute Gasteiger partial charge is 0.508 e. The molecule has 19 heteroatoms. The van der Waals surface area contributed by atoms with Crippen LogP contribution in [0.1, 0.15) is 95.8 Å². The molecule has 0 saturated carbocycles. The number of thiophene rings is 1.